The van der Waals surface area contributed by atoms with Crippen molar-refractivity contribution in [3.63, 3.8) is 0 Å². The molecule has 0 aliphatic rings. The molecule has 0 aliphatic carbocycles. The Bertz CT molecular complexity index is 385. The average Bonchev–Trinajstić information content (AvgIpc) is 2.60. The molecule has 0 aromatic heterocycles. The topological polar surface area (TPSA) is 26.0 Å². The Labute approximate surface area is 151 Å². The average molecular weight is 332 g/mol. The van der Waals surface area contributed by atoms with E-state index in [4.69, 9.17) is 5.73 Å². The van der Waals surface area contributed by atoms with Crippen molar-refractivity contribution in [2.45, 2.75) is 110 Å². The predicted octanol–water partition coefficient (Wildman–Crippen LogP) is 7.68. The van der Waals surface area contributed by atoms with Crippen LogP contribution in [0.3, 0.4) is 0 Å². The van der Waals surface area contributed by atoms with Gasteiger partial charge in [0.25, 0.3) is 0 Å². The highest BCUT2D eigenvalue weighted by Gasteiger charge is 1.98. The molecule has 1 heteroatoms. The van der Waals surface area contributed by atoms with Crippen LogP contribution in [0.4, 0.5) is 5.69 Å². The summed E-state index contributed by atoms with van der Waals surface area (Å²) in [5.74, 6) is 0. The zero-order chi connectivity index (χ0) is 17.3. The maximum absolute atomic E-state index is 5.98. The van der Waals surface area contributed by atoms with E-state index in [1.54, 1.807) is 0 Å². The van der Waals surface area contributed by atoms with Gasteiger partial charge in [-0.25, -0.2) is 0 Å². The highest BCUT2D eigenvalue weighted by atomic mass is 14.6. The van der Waals surface area contributed by atoms with E-state index in [0.29, 0.717) is 0 Å². The summed E-state index contributed by atoms with van der Waals surface area (Å²) in [6.45, 7) is 2.29. The SMILES string of the molecule is CCCCCCCCCCCCCCCCCc1ccccc1N. The second-order valence-corrected chi connectivity index (χ2v) is 7.40. The minimum absolute atomic E-state index is 0.961. The number of aryl methyl sites for hydroxylation is 1. The van der Waals surface area contributed by atoms with Crippen LogP contribution in [0, 0.1) is 0 Å². The molecule has 0 fully saturated rings. The summed E-state index contributed by atoms with van der Waals surface area (Å²) in [5, 5.41) is 0. The van der Waals surface area contributed by atoms with Crippen molar-refractivity contribution in [3.8, 4) is 0 Å². The lowest BCUT2D eigenvalue weighted by atomic mass is 10.0. The molecule has 138 valence electrons. The van der Waals surface area contributed by atoms with Crippen molar-refractivity contribution in [3.05, 3.63) is 29.8 Å². The number of para-hydroxylation sites is 1. The largest absolute Gasteiger partial charge is 0.399 e. The summed E-state index contributed by atoms with van der Waals surface area (Å²) in [6, 6.07) is 8.29. The molecule has 1 aromatic carbocycles. The summed E-state index contributed by atoms with van der Waals surface area (Å²) in [4.78, 5) is 0. The summed E-state index contributed by atoms with van der Waals surface area (Å²) in [5.41, 5.74) is 8.27. The number of hydrogen-bond donors (Lipinski definition) is 1. The van der Waals surface area contributed by atoms with E-state index in [2.05, 4.69) is 19.1 Å². The van der Waals surface area contributed by atoms with Gasteiger partial charge in [0.15, 0.2) is 0 Å². The van der Waals surface area contributed by atoms with Crippen molar-refractivity contribution < 1.29 is 0 Å². The lowest BCUT2D eigenvalue weighted by Crippen LogP contribution is -1.93. The van der Waals surface area contributed by atoms with Crippen molar-refractivity contribution >= 4 is 5.69 Å². The van der Waals surface area contributed by atoms with Gasteiger partial charge in [-0.05, 0) is 24.5 Å². The Morgan fingerprint density at radius 1 is 0.583 bits per heavy atom. The lowest BCUT2D eigenvalue weighted by molar-refractivity contribution is 0.532. The van der Waals surface area contributed by atoms with Crippen LogP contribution in [0.1, 0.15) is 109 Å². The summed E-state index contributed by atoms with van der Waals surface area (Å²) >= 11 is 0. The van der Waals surface area contributed by atoms with Crippen LogP contribution in [-0.2, 0) is 6.42 Å². The number of unbranched alkanes of at least 4 members (excludes halogenated alkanes) is 14. The Morgan fingerprint density at radius 3 is 1.46 bits per heavy atom. The molecular formula is C23H41N. The van der Waals surface area contributed by atoms with Crippen LogP contribution in [0.2, 0.25) is 0 Å². The molecule has 0 spiro atoms. The fourth-order valence-electron chi connectivity index (χ4n) is 3.45. The fourth-order valence-corrected chi connectivity index (χ4v) is 3.45. The lowest BCUT2D eigenvalue weighted by Gasteiger charge is -2.05. The molecule has 2 N–H and O–H groups in total. The van der Waals surface area contributed by atoms with Gasteiger partial charge in [0.1, 0.15) is 0 Å². The third kappa shape index (κ3) is 11.5. The van der Waals surface area contributed by atoms with Gasteiger partial charge in [0, 0.05) is 5.69 Å². The smallest absolute Gasteiger partial charge is 0.0346 e. The van der Waals surface area contributed by atoms with Crippen LogP contribution >= 0.6 is 0 Å². The standard InChI is InChI=1S/C23H41N/c1-2-3-4-5-6-7-8-9-10-11-12-13-14-15-16-19-22-20-17-18-21-23(22)24/h17-18,20-21H,2-16,19,24H2,1H3. The number of benzene rings is 1. The first-order valence-corrected chi connectivity index (χ1v) is 10.7. The van der Waals surface area contributed by atoms with E-state index in [0.717, 1.165) is 12.1 Å². The molecule has 0 radical (unpaired) electrons. The summed E-state index contributed by atoms with van der Waals surface area (Å²) < 4.78 is 0. The minimum Gasteiger partial charge on any atom is -0.399 e. The third-order valence-electron chi connectivity index (χ3n) is 5.10. The maximum atomic E-state index is 5.98. The first-order chi connectivity index (χ1) is 11.8. The van der Waals surface area contributed by atoms with E-state index in [9.17, 15) is 0 Å². The van der Waals surface area contributed by atoms with Gasteiger partial charge in [-0.1, -0.05) is 115 Å². The summed E-state index contributed by atoms with van der Waals surface area (Å²) in [7, 11) is 0. The Morgan fingerprint density at radius 2 is 1.00 bits per heavy atom. The van der Waals surface area contributed by atoms with Gasteiger partial charge in [0.05, 0.1) is 0 Å². The van der Waals surface area contributed by atoms with Gasteiger partial charge < -0.3 is 5.73 Å². The zero-order valence-electron chi connectivity index (χ0n) is 16.2. The molecule has 0 heterocycles. The molecule has 0 bridgehead atoms. The molecule has 0 unspecified atom stereocenters. The number of nitrogen functional groups attached to an aromatic ring is 1. The van der Waals surface area contributed by atoms with E-state index in [1.165, 1.54) is 102 Å². The Kier molecular flexibility index (Phi) is 13.6. The number of nitrogens with two attached hydrogens (primary N) is 1. The van der Waals surface area contributed by atoms with Crippen LogP contribution in [0.15, 0.2) is 24.3 Å². The number of hydrogen-bond acceptors (Lipinski definition) is 1. The molecule has 0 atom stereocenters. The molecule has 0 amide bonds. The second kappa shape index (κ2) is 15.5. The van der Waals surface area contributed by atoms with E-state index < -0.39 is 0 Å². The molecule has 0 saturated heterocycles. The highest BCUT2D eigenvalue weighted by molar-refractivity contribution is 5.46. The quantitative estimate of drug-likeness (QED) is 0.244. The van der Waals surface area contributed by atoms with E-state index in [1.807, 2.05) is 12.1 Å². The zero-order valence-corrected chi connectivity index (χ0v) is 16.2. The van der Waals surface area contributed by atoms with Gasteiger partial charge in [-0.15, -0.1) is 0 Å². The maximum Gasteiger partial charge on any atom is 0.0346 e. The monoisotopic (exact) mass is 331 g/mol. The van der Waals surface area contributed by atoms with Crippen LogP contribution < -0.4 is 5.73 Å². The van der Waals surface area contributed by atoms with Crippen molar-refractivity contribution in [1.29, 1.82) is 0 Å². The Balaban J connectivity index is 1.77. The molecule has 1 nitrogen and oxygen atoms in total. The second-order valence-electron chi connectivity index (χ2n) is 7.40. The van der Waals surface area contributed by atoms with Crippen LogP contribution in [0.25, 0.3) is 0 Å². The minimum atomic E-state index is 0.961. The summed E-state index contributed by atoms with van der Waals surface area (Å²) in [6.07, 6.45) is 22.5. The fraction of sp³-hybridized carbons (Fsp3) is 0.739. The van der Waals surface area contributed by atoms with Crippen molar-refractivity contribution in [2.75, 3.05) is 5.73 Å². The molecular weight excluding hydrogens is 290 g/mol. The number of anilines is 1. The third-order valence-corrected chi connectivity index (χ3v) is 5.10. The van der Waals surface area contributed by atoms with Gasteiger partial charge in [-0.2, -0.15) is 0 Å². The normalized spacial score (nSPS) is 11.0. The van der Waals surface area contributed by atoms with Gasteiger partial charge in [0.2, 0.25) is 0 Å². The van der Waals surface area contributed by atoms with E-state index >= 15 is 0 Å². The van der Waals surface area contributed by atoms with Crippen molar-refractivity contribution in [1.82, 2.24) is 0 Å². The Hall–Kier alpha value is -0.980. The van der Waals surface area contributed by atoms with Crippen molar-refractivity contribution in [2.24, 2.45) is 0 Å². The molecule has 1 rings (SSSR count). The predicted molar refractivity (Wildman–Crippen MR) is 109 cm³/mol. The van der Waals surface area contributed by atoms with Crippen LogP contribution in [0.5, 0.6) is 0 Å². The first-order valence-electron chi connectivity index (χ1n) is 10.7. The molecule has 0 aliphatic heterocycles. The number of rotatable bonds is 16. The highest BCUT2D eigenvalue weighted by Crippen LogP contribution is 2.16. The van der Waals surface area contributed by atoms with Gasteiger partial charge in [-0.3, -0.25) is 0 Å². The first kappa shape index (κ1) is 21.1. The van der Waals surface area contributed by atoms with Gasteiger partial charge >= 0.3 is 0 Å². The van der Waals surface area contributed by atoms with E-state index in [-0.39, 0.29) is 0 Å². The molecule has 1 aromatic rings. The molecule has 0 saturated carbocycles. The molecule has 24 heavy (non-hydrogen) atoms. The van der Waals surface area contributed by atoms with Crippen LogP contribution in [-0.4, -0.2) is 0 Å².